The maximum Gasteiger partial charge on any atom is 0.402 e. The van der Waals surface area contributed by atoms with Crippen LogP contribution in [-0.4, -0.2) is 30.3 Å². The Bertz CT molecular complexity index is 167. The van der Waals surface area contributed by atoms with E-state index in [1.54, 1.807) is 0 Å². The zero-order chi connectivity index (χ0) is 10.1. The monoisotopic (exact) mass is 196 g/mol. The number of hydrogen-bond acceptors (Lipinski definition) is 2. The second kappa shape index (κ2) is 3.84. The molecule has 0 aromatic carbocycles. The lowest BCUT2D eigenvalue weighted by atomic mass is 10.0. The zero-order valence-electron chi connectivity index (χ0n) is 7.86. The molecule has 1 saturated heterocycles. The molecule has 1 aliphatic heterocycles. The molecule has 0 bridgehead atoms. The number of alkyl halides is 3. The summed E-state index contributed by atoms with van der Waals surface area (Å²) in [4.78, 5) is 0. The topological polar surface area (TPSA) is 15.3 Å². The highest BCUT2D eigenvalue weighted by Gasteiger charge is 2.37. The second-order valence-corrected chi connectivity index (χ2v) is 3.75. The molecule has 1 aliphatic rings. The van der Waals surface area contributed by atoms with E-state index in [-0.39, 0.29) is 12.0 Å². The Balaban J connectivity index is 2.49. The van der Waals surface area contributed by atoms with Crippen molar-refractivity contribution in [3.63, 3.8) is 0 Å². The van der Waals surface area contributed by atoms with Crippen LogP contribution in [0, 0.1) is 5.92 Å². The summed E-state index contributed by atoms with van der Waals surface area (Å²) in [6, 6.07) is 0.0154. The van der Waals surface area contributed by atoms with E-state index in [4.69, 9.17) is 0 Å². The van der Waals surface area contributed by atoms with Crippen molar-refractivity contribution in [2.45, 2.75) is 32.5 Å². The quantitative estimate of drug-likeness (QED) is 0.724. The zero-order valence-corrected chi connectivity index (χ0v) is 7.86. The van der Waals surface area contributed by atoms with Gasteiger partial charge in [0.2, 0.25) is 0 Å². The highest BCUT2D eigenvalue weighted by molar-refractivity contribution is 4.80. The van der Waals surface area contributed by atoms with Gasteiger partial charge in [0.15, 0.2) is 0 Å². The van der Waals surface area contributed by atoms with Crippen molar-refractivity contribution < 1.29 is 13.2 Å². The molecule has 0 aromatic rings. The van der Waals surface area contributed by atoms with Crippen molar-refractivity contribution in [2.24, 2.45) is 5.92 Å². The molecule has 0 saturated carbocycles. The van der Waals surface area contributed by atoms with Gasteiger partial charge in [-0.1, -0.05) is 13.8 Å². The standard InChI is InChI=1S/C8H15F3N2/c1-6(2)7-3-4-12-13(7)5-8(9,10)11/h6-7,12H,3-5H2,1-2H3. The van der Waals surface area contributed by atoms with Gasteiger partial charge in [-0.05, 0) is 12.3 Å². The first-order valence-electron chi connectivity index (χ1n) is 4.47. The van der Waals surface area contributed by atoms with Gasteiger partial charge in [-0.15, -0.1) is 0 Å². The van der Waals surface area contributed by atoms with E-state index in [1.165, 1.54) is 5.01 Å². The summed E-state index contributed by atoms with van der Waals surface area (Å²) in [5.74, 6) is 0.261. The summed E-state index contributed by atoms with van der Waals surface area (Å²) in [6.07, 6.45) is -3.31. The predicted molar refractivity (Wildman–Crippen MR) is 44.0 cm³/mol. The van der Waals surface area contributed by atoms with E-state index in [1.807, 2.05) is 13.8 Å². The third-order valence-corrected chi connectivity index (χ3v) is 2.27. The van der Waals surface area contributed by atoms with E-state index in [9.17, 15) is 13.2 Å². The number of nitrogens with one attached hydrogen (secondary N) is 1. The van der Waals surface area contributed by atoms with Crippen LogP contribution in [0.4, 0.5) is 13.2 Å². The molecular weight excluding hydrogens is 181 g/mol. The third kappa shape index (κ3) is 3.15. The van der Waals surface area contributed by atoms with Crippen LogP contribution in [0.3, 0.4) is 0 Å². The molecule has 0 aromatic heterocycles. The Hall–Kier alpha value is -0.290. The van der Waals surface area contributed by atoms with Crippen LogP contribution in [0.15, 0.2) is 0 Å². The van der Waals surface area contributed by atoms with Crippen molar-refractivity contribution in [3.8, 4) is 0 Å². The van der Waals surface area contributed by atoms with E-state index < -0.39 is 12.7 Å². The van der Waals surface area contributed by atoms with Gasteiger partial charge < -0.3 is 0 Å². The maximum absolute atomic E-state index is 12.1. The van der Waals surface area contributed by atoms with Crippen molar-refractivity contribution in [1.82, 2.24) is 10.4 Å². The molecular formula is C8H15F3N2. The molecule has 1 atom stereocenters. The number of rotatable bonds is 2. The van der Waals surface area contributed by atoms with Crippen LogP contribution >= 0.6 is 0 Å². The van der Waals surface area contributed by atoms with Gasteiger partial charge in [0.1, 0.15) is 6.54 Å². The van der Waals surface area contributed by atoms with Crippen LogP contribution in [0.2, 0.25) is 0 Å². The molecule has 1 fully saturated rings. The number of nitrogens with zero attached hydrogens (tertiary/aromatic N) is 1. The predicted octanol–water partition coefficient (Wildman–Crippen LogP) is 1.78. The lowest BCUT2D eigenvalue weighted by molar-refractivity contribution is -0.155. The first-order valence-corrected chi connectivity index (χ1v) is 4.47. The molecule has 1 rings (SSSR count). The summed E-state index contributed by atoms with van der Waals surface area (Å²) in [6.45, 7) is 3.69. The first-order chi connectivity index (χ1) is 5.90. The SMILES string of the molecule is CC(C)C1CCNN1CC(F)(F)F. The van der Waals surface area contributed by atoms with Crippen molar-refractivity contribution >= 4 is 0 Å². The third-order valence-electron chi connectivity index (χ3n) is 2.27. The lowest BCUT2D eigenvalue weighted by Crippen LogP contribution is -2.45. The second-order valence-electron chi connectivity index (χ2n) is 3.75. The molecule has 0 radical (unpaired) electrons. The van der Waals surface area contributed by atoms with Crippen molar-refractivity contribution in [1.29, 1.82) is 0 Å². The number of hydrogen-bond donors (Lipinski definition) is 1. The minimum absolute atomic E-state index is 0.0154. The van der Waals surface area contributed by atoms with Gasteiger partial charge in [-0.2, -0.15) is 13.2 Å². The van der Waals surface area contributed by atoms with Crippen LogP contribution in [0.25, 0.3) is 0 Å². The largest absolute Gasteiger partial charge is 0.402 e. The van der Waals surface area contributed by atoms with Crippen molar-refractivity contribution in [3.05, 3.63) is 0 Å². The minimum Gasteiger partial charge on any atom is -0.255 e. The Kier molecular flexibility index (Phi) is 3.18. The molecule has 2 nitrogen and oxygen atoms in total. The van der Waals surface area contributed by atoms with E-state index in [0.717, 1.165) is 6.42 Å². The van der Waals surface area contributed by atoms with Crippen LogP contribution in [0.5, 0.6) is 0 Å². The van der Waals surface area contributed by atoms with Crippen molar-refractivity contribution in [2.75, 3.05) is 13.1 Å². The average molecular weight is 196 g/mol. The lowest BCUT2D eigenvalue weighted by Gasteiger charge is -2.27. The number of hydrazine groups is 1. The smallest absolute Gasteiger partial charge is 0.255 e. The molecule has 5 heteroatoms. The molecule has 1 N–H and O–H groups in total. The molecule has 0 aliphatic carbocycles. The Morgan fingerprint density at radius 3 is 2.54 bits per heavy atom. The Morgan fingerprint density at radius 1 is 1.46 bits per heavy atom. The summed E-state index contributed by atoms with van der Waals surface area (Å²) in [5.41, 5.74) is 2.76. The maximum atomic E-state index is 12.1. The highest BCUT2D eigenvalue weighted by atomic mass is 19.4. The Labute approximate surface area is 76.1 Å². The number of halogens is 3. The first kappa shape index (κ1) is 10.8. The highest BCUT2D eigenvalue weighted by Crippen LogP contribution is 2.23. The molecule has 13 heavy (non-hydrogen) atoms. The summed E-state index contributed by atoms with van der Waals surface area (Å²) >= 11 is 0. The molecule has 0 amide bonds. The van der Waals surface area contributed by atoms with E-state index in [0.29, 0.717) is 6.54 Å². The molecule has 78 valence electrons. The van der Waals surface area contributed by atoms with Gasteiger partial charge in [-0.25, -0.2) is 5.01 Å². The average Bonchev–Trinajstić information content (AvgIpc) is 2.31. The Morgan fingerprint density at radius 2 is 2.08 bits per heavy atom. The fraction of sp³-hybridized carbons (Fsp3) is 1.00. The van der Waals surface area contributed by atoms with Gasteiger partial charge in [-0.3, -0.25) is 5.43 Å². The van der Waals surface area contributed by atoms with Crippen LogP contribution in [-0.2, 0) is 0 Å². The van der Waals surface area contributed by atoms with E-state index >= 15 is 0 Å². The summed E-state index contributed by atoms with van der Waals surface area (Å²) in [5, 5.41) is 1.31. The van der Waals surface area contributed by atoms with Crippen LogP contribution in [0.1, 0.15) is 20.3 Å². The van der Waals surface area contributed by atoms with Crippen LogP contribution < -0.4 is 5.43 Å². The molecule has 1 unspecified atom stereocenters. The van der Waals surface area contributed by atoms with Gasteiger partial charge in [0.05, 0.1) is 0 Å². The normalized spacial score (nSPS) is 25.8. The van der Waals surface area contributed by atoms with Gasteiger partial charge in [0, 0.05) is 12.6 Å². The van der Waals surface area contributed by atoms with E-state index in [2.05, 4.69) is 5.43 Å². The van der Waals surface area contributed by atoms with Gasteiger partial charge >= 0.3 is 6.18 Å². The minimum atomic E-state index is -4.11. The summed E-state index contributed by atoms with van der Waals surface area (Å²) in [7, 11) is 0. The summed E-state index contributed by atoms with van der Waals surface area (Å²) < 4.78 is 36.2. The fourth-order valence-corrected chi connectivity index (χ4v) is 1.69. The molecule has 1 heterocycles. The molecule has 0 spiro atoms. The van der Waals surface area contributed by atoms with Gasteiger partial charge in [0.25, 0.3) is 0 Å². The fourth-order valence-electron chi connectivity index (χ4n) is 1.69.